The Labute approximate surface area is 108 Å². The van der Waals surface area contributed by atoms with Crippen molar-refractivity contribution in [3.05, 3.63) is 53.3 Å². The van der Waals surface area contributed by atoms with Gasteiger partial charge < -0.3 is 10.1 Å². The van der Waals surface area contributed by atoms with Crippen molar-refractivity contribution in [2.75, 3.05) is 12.4 Å². The average molecular weight is 242 g/mol. The highest BCUT2D eigenvalue weighted by atomic mass is 16.5. The number of hydrogen-bond donors (Lipinski definition) is 1. The Morgan fingerprint density at radius 3 is 2.50 bits per heavy atom. The summed E-state index contributed by atoms with van der Waals surface area (Å²) in [5.41, 5.74) is 4.38. The first-order valence-electron chi connectivity index (χ1n) is 6.01. The molecule has 1 heterocycles. The Bertz CT molecular complexity index is 518. The summed E-state index contributed by atoms with van der Waals surface area (Å²) in [5, 5.41) is 3.09. The zero-order chi connectivity index (χ0) is 13.0. The maximum atomic E-state index is 5.76. The van der Waals surface area contributed by atoms with Gasteiger partial charge in [0.1, 0.15) is 12.4 Å². The van der Waals surface area contributed by atoms with Crippen LogP contribution in [-0.2, 0) is 6.61 Å². The summed E-state index contributed by atoms with van der Waals surface area (Å²) in [4.78, 5) is 4.28. The van der Waals surface area contributed by atoms with Crippen LogP contribution in [0.15, 0.2) is 36.5 Å². The third-order valence-electron chi connectivity index (χ3n) is 2.69. The van der Waals surface area contributed by atoms with Gasteiger partial charge in [0, 0.05) is 18.9 Å². The predicted octanol–water partition coefficient (Wildman–Crippen LogP) is 3.32. The molecule has 0 atom stereocenters. The van der Waals surface area contributed by atoms with E-state index in [0.29, 0.717) is 6.61 Å². The minimum atomic E-state index is 0.485. The number of rotatable bonds is 4. The molecule has 1 aromatic heterocycles. The third-order valence-corrected chi connectivity index (χ3v) is 2.69. The first-order chi connectivity index (χ1) is 8.67. The molecule has 0 fully saturated rings. The summed E-state index contributed by atoms with van der Waals surface area (Å²) in [6, 6.07) is 10.1. The van der Waals surface area contributed by atoms with Crippen molar-refractivity contribution >= 4 is 5.69 Å². The summed E-state index contributed by atoms with van der Waals surface area (Å²) in [7, 11) is 1.89. The Morgan fingerprint density at radius 2 is 1.83 bits per heavy atom. The molecule has 0 saturated heterocycles. The number of pyridine rings is 1. The third kappa shape index (κ3) is 3.23. The summed E-state index contributed by atoms with van der Waals surface area (Å²) in [5.74, 6) is 0.893. The van der Waals surface area contributed by atoms with Gasteiger partial charge in [-0.25, -0.2) is 0 Å². The molecule has 18 heavy (non-hydrogen) atoms. The zero-order valence-electron chi connectivity index (χ0n) is 11.0. The number of aromatic nitrogens is 1. The molecule has 0 spiro atoms. The Kier molecular flexibility index (Phi) is 3.82. The molecule has 1 N–H and O–H groups in total. The lowest BCUT2D eigenvalue weighted by molar-refractivity contribution is 0.301. The summed E-state index contributed by atoms with van der Waals surface area (Å²) < 4.78 is 5.76. The van der Waals surface area contributed by atoms with Gasteiger partial charge in [-0.3, -0.25) is 4.98 Å². The number of nitrogens with zero attached hydrogens (tertiary/aromatic N) is 1. The van der Waals surface area contributed by atoms with Crippen molar-refractivity contribution in [3.63, 3.8) is 0 Å². The molecule has 0 radical (unpaired) electrons. The van der Waals surface area contributed by atoms with E-state index in [9.17, 15) is 0 Å². The second-order valence-electron chi connectivity index (χ2n) is 4.40. The SMILES string of the molecule is CNc1ccnc(COc2cc(C)cc(C)c2)c1. The largest absolute Gasteiger partial charge is 0.487 e. The molecule has 2 rings (SSSR count). The number of anilines is 1. The van der Waals surface area contributed by atoms with Gasteiger partial charge in [0.15, 0.2) is 0 Å². The van der Waals surface area contributed by atoms with Crippen molar-refractivity contribution in [2.24, 2.45) is 0 Å². The van der Waals surface area contributed by atoms with Crippen LogP contribution in [0.5, 0.6) is 5.75 Å². The number of hydrogen-bond acceptors (Lipinski definition) is 3. The van der Waals surface area contributed by atoms with E-state index in [0.717, 1.165) is 17.1 Å². The number of ether oxygens (including phenoxy) is 1. The molecule has 2 aromatic rings. The van der Waals surface area contributed by atoms with Crippen LogP contribution in [0.3, 0.4) is 0 Å². The van der Waals surface area contributed by atoms with Crippen LogP contribution in [0.1, 0.15) is 16.8 Å². The fraction of sp³-hybridized carbons (Fsp3) is 0.267. The second kappa shape index (κ2) is 5.54. The van der Waals surface area contributed by atoms with E-state index in [1.54, 1.807) is 6.20 Å². The topological polar surface area (TPSA) is 34.2 Å². The van der Waals surface area contributed by atoms with E-state index >= 15 is 0 Å². The molecule has 3 heteroatoms. The van der Waals surface area contributed by atoms with Gasteiger partial charge in [0.25, 0.3) is 0 Å². The van der Waals surface area contributed by atoms with Crippen LogP contribution in [-0.4, -0.2) is 12.0 Å². The highest BCUT2D eigenvalue weighted by Crippen LogP contribution is 2.17. The minimum Gasteiger partial charge on any atom is -0.487 e. The van der Waals surface area contributed by atoms with E-state index in [4.69, 9.17) is 4.74 Å². The van der Waals surface area contributed by atoms with Gasteiger partial charge in [-0.05, 0) is 49.2 Å². The van der Waals surface area contributed by atoms with Gasteiger partial charge >= 0.3 is 0 Å². The Balaban J connectivity index is 2.06. The minimum absolute atomic E-state index is 0.485. The van der Waals surface area contributed by atoms with Gasteiger partial charge in [0.05, 0.1) is 5.69 Å². The van der Waals surface area contributed by atoms with Gasteiger partial charge in [0.2, 0.25) is 0 Å². The first-order valence-corrected chi connectivity index (χ1v) is 6.01. The van der Waals surface area contributed by atoms with Gasteiger partial charge in [-0.1, -0.05) is 6.07 Å². The molecule has 0 aliphatic rings. The lowest BCUT2D eigenvalue weighted by Crippen LogP contribution is -2.00. The lowest BCUT2D eigenvalue weighted by Gasteiger charge is -2.08. The highest BCUT2D eigenvalue weighted by molar-refractivity contribution is 5.42. The molecule has 0 saturated carbocycles. The van der Waals surface area contributed by atoms with Crippen molar-refractivity contribution in [1.82, 2.24) is 4.98 Å². The quantitative estimate of drug-likeness (QED) is 0.893. The van der Waals surface area contributed by atoms with Crippen LogP contribution in [0, 0.1) is 13.8 Å². The second-order valence-corrected chi connectivity index (χ2v) is 4.40. The van der Waals surface area contributed by atoms with Crippen LogP contribution < -0.4 is 10.1 Å². The molecular formula is C15H18N2O. The van der Waals surface area contributed by atoms with E-state index in [2.05, 4.69) is 30.2 Å². The monoisotopic (exact) mass is 242 g/mol. The predicted molar refractivity (Wildman–Crippen MR) is 74.0 cm³/mol. The molecule has 1 aromatic carbocycles. The average Bonchev–Trinajstić information content (AvgIpc) is 2.35. The van der Waals surface area contributed by atoms with Crippen molar-refractivity contribution in [1.29, 1.82) is 0 Å². The molecule has 94 valence electrons. The number of benzene rings is 1. The molecule has 0 aliphatic heterocycles. The van der Waals surface area contributed by atoms with E-state index < -0.39 is 0 Å². The summed E-state index contributed by atoms with van der Waals surface area (Å²) in [6.07, 6.45) is 1.78. The van der Waals surface area contributed by atoms with Crippen LogP contribution in [0.4, 0.5) is 5.69 Å². The lowest BCUT2D eigenvalue weighted by atomic mass is 10.1. The maximum Gasteiger partial charge on any atom is 0.130 e. The zero-order valence-corrected chi connectivity index (χ0v) is 11.0. The number of aryl methyl sites for hydroxylation is 2. The standard InChI is InChI=1S/C15H18N2O/c1-11-6-12(2)8-15(7-11)18-10-14-9-13(16-3)4-5-17-14/h4-9H,10H2,1-3H3,(H,16,17). The van der Waals surface area contributed by atoms with Gasteiger partial charge in [-0.15, -0.1) is 0 Å². The summed E-state index contributed by atoms with van der Waals surface area (Å²) in [6.45, 7) is 4.62. The normalized spacial score (nSPS) is 10.2. The van der Waals surface area contributed by atoms with E-state index in [1.807, 2.05) is 31.3 Å². The van der Waals surface area contributed by atoms with Crippen molar-refractivity contribution in [2.45, 2.75) is 20.5 Å². The Morgan fingerprint density at radius 1 is 1.11 bits per heavy atom. The van der Waals surface area contributed by atoms with Gasteiger partial charge in [-0.2, -0.15) is 0 Å². The van der Waals surface area contributed by atoms with Crippen LogP contribution in [0.2, 0.25) is 0 Å². The van der Waals surface area contributed by atoms with Crippen LogP contribution in [0.25, 0.3) is 0 Å². The van der Waals surface area contributed by atoms with Crippen LogP contribution >= 0.6 is 0 Å². The molecule has 0 aliphatic carbocycles. The first kappa shape index (κ1) is 12.4. The van der Waals surface area contributed by atoms with Crippen molar-refractivity contribution < 1.29 is 4.74 Å². The molecule has 0 amide bonds. The fourth-order valence-corrected chi connectivity index (χ4v) is 1.89. The van der Waals surface area contributed by atoms with Crippen molar-refractivity contribution in [3.8, 4) is 5.75 Å². The molecule has 0 bridgehead atoms. The van der Waals surface area contributed by atoms with E-state index in [-0.39, 0.29) is 0 Å². The highest BCUT2D eigenvalue weighted by Gasteiger charge is 2.00. The number of nitrogens with one attached hydrogen (secondary N) is 1. The molecular weight excluding hydrogens is 224 g/mol. The smallest absolute Gasteiger partial charge is 0.130 e. The fourth-order valence-electron chi connectivity index (χ4n) is 1.89. The maximum absolute atomic E-state index is 5.76. The van der Waals surface area contributed by atoms with E-state index in [1.165, 1.54) is 11.1 Å². The molecule has 3 nitrogen and oxygen atoms in total. The summed E-state index contributed by atoms with van der Waals surface area (Å²) >= 11 is 0. The Hall–Kier alpha value is -2.03. The molecule has 0 unspecified atom stereocenters.